The second-order valence-corrected chi connectivity index (χ2v) is 6.10. The Kier molecular flexibility index (Phi) is 3.77. The van der Waals surface area contributed by atoms with Crippen LogP contribution >= 0.6 is 0 Å². The molecule has 0 atom stereocenters. The van der Waals surface area contributed by atoms with Crippen LogP contribution in [0.1, 0.15) is 0 Å². The molecule has 3 aromatic rings. The van der Waals surface area contributed by atoms with Crippen LogP contribution in [0.3, 0.4) is 0 Å². The number of hydrogen-bond donors (Lipinski definition) is 2. The molecular formula is C15H11N3O4S. The van der Waals surface area contributed by atoms with Gasteiger partial charge in [-0.25, -0.2) is 4.98 Å². The molecule has 0 amide bonds. The van der Waals surface area contributed by atoms with E-state index in [1.165, 1.54) is 24.3 Å². The van der Waals surface area contributed by atoms with E-state index in [1.807, 2.05) is 0 Å². The van der Waals surface area contributed by atoms with Gasteiger partial charge < -0.3 is 5.11 Å². The third kappa shape index (κ3) is 3.17. The topological polar surface area (TPSA) is 112 Å². The molecule has 1 aromatic heterocycles. The first-order valence-electron chi connectivity index (χ1n) is 6.51. The van der Waals surface area contributed by atoms with Crippen LogP contribution in [0.4, 0.5) is 11.5 Å². The molecule has 0 radical (unpaired) electrons. The van der Waals surface area contributed by atoms with Crippen molar-refractivity contribution >= 4 is 32.4 Å². The van der Waals surface area contributed by atoms with E-state index in [2.05, 4.69) is 15.2 Å². The van der Waals surface area contributed by atoms with Gasteiger partial charge in [-0.2, -0.15) is 8.42 Å². The molecule has 7 nitrogen and oxygen atoms in total. The minimum absolute atomic E-state index is 0.135. The Bertz CT molecular complexity index is 1000. The van der Waals surface area contributed by atoms with E-state index in [0.29, 0.717) is 16.6 Å². The molecule has 116 valence electrons. The molecular weight excluding hydrogens is 318 g/mol. The number of azo groups is 1. The van der Waals surface area contributed by atoms with E-state index in [-0.39, 0.29) is 16.3 Å². The van der Waals surface area contributed by atoms with Gasteiger partial charge in [-0.15, -0.1) is 10.2 Å². The number of benzene rings is 2. The SMILES string of the molecule is O=S(=O)(O)c1ccc2c(O)c(N=Nc3ccccn3)ccc2c1. The lowest BCUT2D eigenvalue weighted by molar-refractivity contribution is 0.480. The molecule has 1 heterocycles. The Hall–Kier alpha value is -2.84. The number of aromatic hydroxyl groups is 1. The van der Waals surface area contributed by atoms with Crippen LogP contribution in [0.5, 0.6) is 5.75 Å². The van der Waals surface area contributed by atoms with E-state index in [9.17, 15) is 13.5 Å². The van der Waals surface area contributed by atoms with Crippen molar-refractivity contribution in [1.82, 2.24) is 4.98 Å². The van der Waals surface area contributed by atoms with Gasteiger partial charge in [0.25, 0.3) is 10.1 Å². The van der Waals surface area contributed by atoms with Crippen LogP contribution in [0.25, 0.3) is 10.8 Å². The van der Waals surface area contributed by atoms with Crippen molar-refractivity contribution in [3.05, 3.63) is 54.7 Å². The summed E-state index contributed by atoms with van der Waals surface area (Å²) in [4.78, 5) is 3.74. The lowest BCUT2D eigenvalue weighted by Crippen LogP contribution is -1.97. The second kappa shape index (κ2) is 5.75. The van der Waals surface area contributed by atoms with Crippen LogP contribution in [0.15, 0.2) is 69.9 Å². The van der Waals surface area contributed by atoms with Gasteiger partial charge in [0.05, 0.1) is 4.90 Å². The molecule has 0 bridgehead atoms. The van der Waals surface area contributed by atoms with Crippen molar-refractivity contribution in [1.29, 1.82) is 0 Å². The second-order valence-electron chi connectivity index (χ2n) is 4.68. The molecule has 0 spiro atoms. The Morgan fingerprint density at radius 2 is 1.83 bits per heavy atom. The summed E-state index contributed by atoms with van der Waals surface area (Å²) in [6.07, 6.45) is 1.57. The predicted octanol–water partition coefficient (Wildman–Crippen LogP) is 3.60. The first-order chi connectivity index (χ1) is 10.9. The number of rotatable bonds is 3. The average Bonchev–Trinajstić information content (AvgIpc) is 2.54. The number of hydrogen-bond acceptors (Lipinski definition) is 6. The van der Waals surface area contributed by atoms with Crippen LogP contribution in [0, 0.1) is 0 Å². The number of fused-ring (bicyclic) bond motifs is 1. The first-order valence-corrected chi connectivity index (χ1v) is 7.95. The van der Waals surface area contributed by atoms with Gasteiger partial charge in [-0.1, -0.05) is 12.1 Å². The van der Waals surface area contributed by atoms with Gasteiger partial charge in [0.2, 0.25) is 0 Å². The summed E-state index contributed by atoms with van der Waals surface area (Å²) in [5.41, 5.74) is 0.225. The molecule has 0 aliphatic carbocycles. The highest BCUT2D eigenvalue weighted by Gasteiger charge is 2.12. The van der Waals surface area contributed by atoms with Gasteiger partial charge >= 0.3 is 0 Å². The maximum Gasteiger partial charge on any atom is 0.294 e. The van der Waals surface area contributed by atoms with Crippen molar-refractivity contribution < 1.29 is 18.1 Å². The van der Waals surface area contributed by atoms with Gasteiger partial charge in [0.1, 0.15) is 5.69 Å². The average molecular weight is 329 g/mol. The monoisotopic (exact) mass is 329 g/mol. The zero-order valence-electron chi connectivity index (χ0n) is 11.7. The summed E-state index contributed by atoms with van der Waals surface area (Å²) < 4.78 is 31.3. The zero-order valence-corrected chi connectivity index (χ0v) is 12.5. The van der Waals surface area contributed by atoms with Crippen molar-refractivity contribution in [2.75, 3.05) is 0 Å². The fourth-order valence-electron chi connectivity index (χ4n) is 2.04. The van der Waals surface area contributed by atoms with Crippen molar-refractivity contribution in [3.8, 4) is 5.75 Å². The lowest BCUT2D eigenvalue weighted by Gasteiger charge is -2.05. The van der Waals surface area contributed by atoms with Gasteiger partial charge in [-0.05, 0) is 41.8 Å². The molecule has 23 heavy (non-hydrogen) atoms. The Balaban J connectivity index is 2.04. The summed E-state index contributed by atoms with van der Waals surface area (Å²) in [6, 6.07) is 12.1. The van der Waals surface area contributed by atoms with E-state index >= 15 is 0 Å². The number of pyridine rings is 1. The molecule has 0 unspecified atom stereocenters. The summed E-state index contributed by atoms with van der Waals surface area (Å²) in [5.74, 6) is 0.262. The smallest absolute Gasteiger partial charge is 0.294 e. The zero-order chi connectivity index (χ0) is 16.4. The quantitative estimate of drug-likeness (QED) is 0.563. The Morgan fingerprint density at radius 1 is 1.00 bits per heavy atom. The highest BCUT2D eigenvalue weighted by Crippen LogP contribution is 2.36. The Labute approximate surface area is 131 Å². The van der Waals surface area contributed by atoms with Crippen LogP contribution in [0.2, 0.25) is 0 Å². The lowest BCUT2D eigenvalue weighted by atomic mass is 10.1. The minimum atomic E-state index is -4.30. The van der Waals surface area contributed by atoms with Crippen molar-refractivity contribution in [2.24, 2.45) is 10.2 Å². The summed E-state index contributed by atoms with van der Waals surface area (Å²) in [5, 5.41) is 18.9. The third-order valence-electron chi connectivity index (χ3n) is 3.15. The highest BCUT2D eigenvalue weighted by molar-refractivity contribution is 7.85. The first kappa shape index (κ1) is 15.1. The highest BCUT2D eigenvalue weighted by atomic mass is 32.2. The fraction of sp³-hybridized carbons (Fsp3) is 0. The summed E-state index contributed by atoms with van der Waals surface area (Å²) in [7, 11) is -4.30. The number of aromatic nitrogens is 1. The molecule has 0 saturated heterocycles. The molecule has 8 heteroatoms. The van der Waals surface area contributed by atoms with E-state index < -0.39 is 10.1 Å². The normalized spacial score (nSPS) is 12.0. The molecule has 0 aliphatic heterocycles. The maximum atomic E-state index is 11.1. The molecule has 3 rings (SSSR count). The van der Waals surface area contributed by atoms with Gasteiger partial charge in [0, 0.05) is 11.6 Å². The van der Waals surface area contributed by atoms with E-state index in [4.69, 9.17) is 4.55 Å². The predicted molar refractivity (Wildman–Crippen MR) is 83.8 cm³/mol. The largest absolute Gasteiger partial charge is 0.505 e. The van der Waals surface area contributed by atoms with Gasteiger partial charge in [-0.3, -0.25) is 4.55 Å². The Morgan fingerprint density at radius 3 is 2.52 bits per heavy atom. The molecule has 0 aliphatic rings. The van der Waals surface area contributed by atoms with Crippen LogP contribution in [-0.4, -0.2) is 23.1 Å². The van der Waals surface area contributed by atoms with E-state index in [0.717, 1.165) is 0 Å². The molecule has 0 fully saturated rings. The molecule has 2 N–H and O–H groups in total. The van der Waals surface area contributed by atoms with Crippen LogP contribution in [-0.2, 0) is 10.1 Å². The maximum absolute atomic E-state index is 11.1. The minimum Gasteiger partial charge on any atom is -0.505 e. The molecule has 2 aromatic carbocycles. The van der Waals surface area contributed by atoms with E-state index in [1.54, 1.807) is 30.5 Å². The summed E-state index contributed by atoms with van der Waals surface area (Å²) >= 11 is 0. The van der Waals surface area contributed by atoms with Gasteiger partial charge in [0.15, 0.2) is 11.6 Å². The van der Waals surface area contributed by atoms with Crippen LogP contribution < -0.4 is 0 Å². The molecule has 0 saturated carbocycles. The van der Waals surface area contributed by atoms with Crippen molar-refractivity contribution in [2.45, 2.75) is 4.90 Å². The number of phenols is 1. The summed E-state index contributed by atoms with van der Waals surface area (Å²) in [6.45, 7) is 0. The standard InChI is InChI=1S/C15H11N3O4S/c19-15-12-6-5-11(23(20,21)22)9-10(12)4-7-13(15)17-18-14-3-1-2-8-16-14/h1-9,19H,(H,20,21,22). The third-order valence-corrected chi connectivity index (χ3v) is 4.00. The van der Waals surface area contributed by atoms with Crippen molar-refractivity contribution in [3.63, 3.8) is 0 Å². The number of phenolic OH excluding ortho intramolecular Hbond substituents is 1. The number of nitrogens with zero attached hydrogens (tertiary/aromatic N) is 3. The fourth-order valence-corrected chi connectivity index (χ4v) is 2.56.